The number of carbonyl (C=O) groups excluding carboxylic acids is 1. The second kappa shape index (κ2) is 15.3. The lowest BCUT2D eigenvalue weighted by molar-refractivity contribution is -0.147. The average Bonchev–Trinajstić information content (AvgIpc) is 2.53. The predicted octanol–water partition coefficient (Wildman–Crippen LogP) is 3.83. The Morgan fingerprint density at radius 1 is 1.00 bits per heavy atom. The molecule has 0 spiro atoms. The van der Waals surface area contributed by atoms with Gasteiger partial charge in [0, 0.05) is 6.42 Å². The monoisotopic (exact) mass is 316 g/mol. The van der Waals surface area contributed by atoms with E-state index in [4.69, 9.17) is 14.9 Å². The quantitative estimate of drug-likeness (QED) is 0.356. The lowest BCUT2D eigenvalue weighted by Gasteiger charge is -2.08. The predicted molar refractivity (Wildman–Crippen MR) is 89.7 cm³/mol. The van der Waals surface area contributed by atoms with Crippen LogP contribution < -0.4 is 0 Å². The normalized spacial score (nSPS) is 13.8. The van der Waals surface area contributed by atoms with Crippen LogP contribution in [0.15, 0.2) is 0 Å². The molecular weight excluding hydrogens is 280 g/mol. The largest absolute Gasteiger partial charge is 0.463 e. The first-order valence-electron chi connectivity index (χ1n) is 9.04. The van der Waals surface area contributed by atoms with E-state index in [9.17, 15) is 4.79 Å². The molecule has 0 amide bonds. The van der Waals surface area contributed by atoms with E-state index in [0.29, 0.717) is 6.42 Å². The van der Waals surface area contributed by atoms with E-state index >= 15 is 0 Å². The first kappa shape index (κ1) is 21.4. The summed E-state index contributed by atoms with van der Waals surface area (Å²) in [5.41, 5.74) is 0. The van der Waals surface area contributed by atoms with E-state index in [1.165, 1.54) is 51.4 Å². The molecule has 0 heterocycles. The average molecular weight is 316 g/mol. The molecule has 0 aliphatic heterocycles. The molecule has 0 aromatic carbocycles. The van der Waals surface area contributed by atoms with Crippen molar-refractivity contribution in [2.45, 2.75) is 90.6 Å². The van der Waals surface area contributed by atoms with E-state index in [1.54, 1.807) is 0 Å². The van der Waals surface area contributed by atoms with E-state index < -0.39 is 6.10 Å². The Bertz CT molecular complexity index is 255. The van der Waals surface area contributed by atoms with Crippen LogP contribution in [0, 0.1) is 5.92 Å². The number of hydrogen-bond acceptors (Lipinski definition) is 4. The van der Waals surface area contributed by atoms with E-state index in [2.05, 4.69) is 13.8 Å². The zero-order chi connectivity index (χ0) is 16.6. The summed E-state index contributed by atoms with van der Waals surface area (Å²) in [6, 6.07) is 0. The highest BCUT2D eigenvalue weighted by molar-refractivity contribution is 5.69. The molecule has 0 aromatic heterocycles. The standard InChI is InChI=1S/C18H36O4/c1-3-16(2)12-10-8-6-4-5-7-9-11-13-18(21)22-15-17(20)14-19/h16-17,19-20H,3-15H2,1-2H3/t16?,17-/m1/s1. The Morgan fingerprint density at radius 2 is 1.55 bits per heavy atom. The van der Waals surface area contributed by atoms with Crippen molar-refractivity contribution in [3.8, 4) is 0 Å². The van der Waals surface area contributed by atoms with Crippen molar-refractivity contribution in [2.75, 3.05) is 13.2 Å². The van der Waals surface area contributed by atoms with E-state index in [1.807, 2.05) is 0 Å². The van der Waals surface area contributed by atoms with Crippen LogP contribution in [0.5, 0.6) is 0 Å². The van der Waals surface area contributed by atoms with Crippen molar-refractivity contribution in [1.82, 2.24) is 0 Å². The van der Waals surface area contributed by atoms with Crippen molar-refractivity contribution in [1.29, 1.82) is 0 Å². The number of esters is 1. The second-order valence-electron chi connectivity index (χ2n) is 6.40. The van der Waals surface area contributed by atoms with Crippen molar-refractivity contribution in [3.05, 3.63) is 0 Å². The van der Waals surface area contributed by atoms with Gasteiger partial charge in [0.2, 0.25) is 0 Å². The SMILES string of the molecule is CCC(C)CCCCCCCCCCC(=O)OC[C@H](O)CO. The van der Waals surface area contributed by atoms with Gasteiger partial charge in [-0.15, -0.1) is 0 Å². The summed E-state index contributed by atoms with van der Waals surface area (Å²) in [5, 5.41) is 17.7. The summed E-state index contributed by atoms with van der Waals surface area (Å²) in [7, 11) is 0. The molecule has 2 N–H and O–H groups in total. The second-order valence-corrected chi connectivity index (χ2v) is 6.40. The smallest absolute Gasteiger partial charge is 0.305 e. The first-order chi connectivity index (χ1) is 10.6. The van der Waals surface area contributed by atoms with Crippen molar-refractivity contribution < 1.29 is 19.7 Å². The maximum absolute atomic E-state index is 11.3. The maximum atomic E-state index is 11.3. The van der Waals surface area contributed by atoms with Crippen LogP contribution >= 0.6 is 0 Å². The lowest BCUT2D eigenvalue weighted by Crippen LogP contribution is -2.21. The third kappa shape index (κ3) is 14.3. The summed E-state index contributed by atoms with van der Waals surface area (Å²) >= 11 is 0. The van der Waals surface area contributed by atoms with Gasteiger partial charge >= 0.3 is 5.97 Å². The van der Waals surface area contributed by atoms with E-state index in [-0.39, 0.29) is 19.2 Å². The number of aliphatic hydroxyl groups excluding tert-OH is 2. The fourth-order valence-corrected chi connectivity index (χ4v) is 2.34. The van der Waals surface area contributed by atoms with Crippen LogP contribution in [0.3, 0.4) is 0 Å². The molecule has 4 heteroatoms. The number of unbranched alkanes of at least 4 members (excludes halogenated alkanes) is 7. The fraction of sp³-hybridized carbons (Fsp3) is 0.944. The van der Waals surface area contributed by atoms with Gasteiger partial charge < -0.3 is 14.9 Å². The Morgan fingerprint density at radius 3 is 2.09 bits per heavy atom. The van der Waals surface area contributed by atoms with Crippen LogP contribution in [-0.2, 0) is 9.53 Å². The minimum absolute atomic E-state index is 0.105. The summed E-state index contributed by atoms with van der Waals surface area (Å²) in [4.78, 5) is 11.3. The Labute approximate surface area is 136 Å². The molecule has 0 aliphatic carbocycles. The van der Waals surface area contributed by atoms with Gasteiger partial charge in [-0.1, -0.05) is 71.6 Å². The summed E-state index contributed by atoms with van der Waals surface area (Å²) in [6.45, 7) is 4.11. The minimum atomic E-state index is -0.954. The highest BCUT2D eigenvalue weighted by Gasteiger charge is 2.07. The van der Waals surface area contributed by atoms with Gasteiger partial charge in [0.05, 0.1) is 6.61 Å². The Kier molecular flexibility index (Phi) is 14.9. The van der Waals surface area contributed by atoms with Gasteiger partial charge in [-0.25, -0.2) is 0 Å². The number of carbonyl (C=O) groups is 1. The molecular formula is C18H36O4. The van der Waals surface area contributed by atoms with Crippen molar-refractivity contribution in [2.24, 2.45) is 5.92 Å². The summed E-state index contributed by atoms with van der Waals surface area (Å²) in [6.07, 6.45) is 11.8. The summed E-state index contributed by atoms with van der Waals surface area (Å²) < 4.78 is 4.85. The van der Waals surface area contributed by atoms with Crippen LogP contribution in [-0.4, -0.2) is 35.5 Å². The molecule has 0 aliphatic rings. The van der Waals surface area contributed by atoms with Crippen molar-refractivity contribution >= 4 is 5.97 Å². The zero-order valence-corrected chi connectivity index (χ0v) is 14.6. The number of hydrogen-bond donors (Lipinski definition) is 2. The molecule has 0 saturated carbocycles. The molecule has 0 radical (unpaired) electrons. The summed E-state index contributed by atoms with van der Waals surface area (Å²) in [5.74, 6) is 0.593. The third-order valence-corrected chi connectivity index (χ3v) is 4.17. The number of ether oxygens (including phenoxy) is 1. The molecule has 132 valence electrons. The topological polar surface area (TPSA) is 66.8 Å². The van der Waals surface area contributed by atoms with Gasteiger partial charge in [0.15, 0.2) is 0 Å². The third-order valence-electron chi connectivity index (χ3n) is 4.17. The van der Waals surface area contributed by atoms with Gasteiger partial charge in [-0.3, -0.25) is 4.79 Å². The zero-order valence-electron chi connectivity index (χ0n) is 14.6. The molecule has 4 nitrogen and oxygen atoms in total. The molecule has 0 saturated heterocycles. The number of aliphatic hydroxyl groups is 2. The van der Waals surface area contributed by atoms with Crippen molar-refractivity contribution in [3.63, 3.8) is 0 Å². The van der Waals surface area contributed by atoms with Crippen LogP contribution in [0.4, 0.5) is 0 Å². The highest BCUT2D eigenvalue weighted by atomic mass is 16.5. The molecule has 2 atom stereocenters. The fourth-order valence-electron chi connectivity index (χ4n) is 2.34. The van der Waals surface area contributed by atoms with Gasteiger partial charge in [-0.05, 0) is 12.3 Å². The molecule has 0 fully saturated rings. The number of rotatable bonds is 15. The van der Waals surface area contributed by atoms with Gasteiger partial charge in [-0.2, -0.15) is 0 Å². The Hall–Kier alpha value is -0.610. The lowest BCUT2D eigenvalue weighted by atomic mass is 9.99. The van der Waals surface area contributed by atoms with Crippen LogP contribution in [0.1, 0.15) is 84.5 Å². The van der Waals surface area contributed by atoms with Crippen LogP contribution in [0.2, 0.25) is 0 Å². The maximum Gasteiger partial charge on any atom is 0.305 e. The Balaban J connectivity index is 3.21. The van der Waals surface area contributed by atoms with Crippen LogP contribution in [0.25, 0.3) is 0 Å². The molecule has 0 bridgehead atoms. The first-order valence-corrected chi connectivity index (χ1v) is 9.04. The minimum Gasteiger partial charge on any atom is -0.463 e. The molecule has 22 heavy (non-hydrogen) atoms. The molecule has 0 aromatic rings. The van der Waals surface area contributed by atoms with E-state index in [0.717, 1.165) is 18.8 Å². The highest BCUT2D eigenvalue weighted by Crippen LogP contribution is 2.15. The van der Waals surface area contributed by atoms with Gasteiger partial charge in [0.25, 0.3) is 0 Å². The molecule has 1 unspecified atom stereocenters. The van der Waals surface area contributed by atoms with Gasteiger partial charge in [0.1, 0.15) is 12.7 Å². The molecule has 0 rings (SSSR count).